The van der Waals surface area contributed by atoms with Gasteiger partial charge in [-0.3, -0.25) is 4.79 Å². The van der Waals surface area contributed by atoms with Crippen molar-refractivity contribution >= 4 is 11.6 Å². The number of benzene rings is 1. The minimum absolute atomic E-state index is 0.156. The Morgan fingerprint density at radius 2 is 2.25 bits per heavy atom. The number of hydrogen-bond acceptors (Lipinski definition) is 3. The number of para-hydroxylation sites is 1. The molecule has 1 saturated heterocycles. The predicted octanol–water partition coefficient (Wildman–Crippen LogP) is 1.55. The van der Waals surface area contributed by atoms with E-state index in [9.17, 15) is 4.79 Å². The van der Waals surface area contributed by atoms with Crippen molar-refractivity contribution in [2.45, 2.75) is 20.3 Å². The van der Waals surface area contributed by atoms with Gasteiger partial charge in [0.25, 0.3) is 0 Å². The van der Waals surface area contributed by atoms with Gasteiger partial charge in [-0.25, -0.2) is 0 Å². The molecule has 0 bridgehead atoms. The zero-order chi connectivity index (χ0) is 14.4. The molecule has 0 radical (unpaired) electrons. The molecule has 0 aromatic heterocycles. The fourth-order valence-electron chi connectivity index (χ4n) is 2.70. The minimum Gasteiger partial charge on any atom is -0.370 e. The molecule has 1 fully saturated rings. The number of anilines is 1. The third-order valence-corrected chi connectivity index (χ3v) is 3.95. The van der Waals surface area contributed by atoms with Gasteiger partial charge in [-0.05, 0) is 38.4 Å². The average Bonchev–Trinajstić information content (AvgIpc) is 2.99. The lowest BCUT2D eigenvalue weighted by Crippen LogP contribution is -2.38. The van der Waals surface area contributed by atoms with E-state index in [-0.39, 0.29) is 11.8 Å². The first-order valence-electron chi connectivity index (χ1n) is 7.51. The Morgan fingerprint density at radius 3 is 2.90 bits per heavy atom. The molecule has 110 valence electrons. The summed E-state index contributed by atoms with van der Waals surface area (Å²) < 4.78 is 0. The Bertz CT molecular complexity index is 441. The van der Waals surface area contributed by atoms with Gasteiger partial charge in [0, 0.05) is 31.9 Å². The molecule has 1 atom stereocenters. The first-order valence-corrected chi connectivity index (χ1v) is 7.51. The molecule has 4 nitrogen and oxygen atoms in total. The number of amides is 1. The third kappa shape index (κ3) is 3.73. The second-order valence-corrected chi connectivity index (χ2v) is 5.35. The number of likely N-dealkylation sites (N-methyl/N-ethyl adjacent to an activating group) is 1. The zero-order valence-corrected chi connectivity index (χ0v) is 12.5. The molecule has 2 N–H and O–H groups in total. The predicted molar refractivity (Wildman–Crippen MR) is 83.1 cm³/mol. The van der Waals surface area contributed by atoms with Crippen LogP contribution in [0.1, 0.15) is 18.9 Å². The van der Waals surface area contributed by atoms with E-state index in [1.807, 2.05) is 0 Å². The van der Waals surface area contributed by atoms with Crippen LogP contribution in [0.15, 0.2) is 24.3 Å². The first-order chi connectivity index (χ1) is 9.72. The highest BCUT2D eigenvalue weighted by molar-refractivity contribution is 5.79. The Kier molecular flexibility index (Phi) is 5.41. The van der Waals surface area contributed by atoms with E-state index >= 15 is 0 Å². The van der Waals surface area contributed by atoms with Crippen molar-refractivity contribution in [3.63, 3.8) is 0 Å². The minimum atomic E-state index is 0.156. The van der Waals surface area contributed by atoms with Crippen molar-refractivity contribution in [3.8, 4) is 0 Å². The molecule has 20 heavy (non-hydrogen) atoms. The van der Waals surface area contributed by atoms with E-state index in [4.69, 9.17) is 0 Å². The lowest BCUT2D eigenvalue weighted by molar-refractivity contribution is -0.124. The van der Waals surface area contributed by atoms with Gasteiger partial charge in [-0.1, -0.05) is 18.2 Å². The summed E-state index contributed by atoms with van der Waals surface area (Å²) in [6.07, 6.45) is 0.959. The van der Waals surface area contributed by atoms with E-state index < -0.39 is 0 Å². The fraction of sp³-hybridized carbons (Fsp3) is 0.562. The van der Waals surface area contributed by atoms with Gasteiger partial charge in [-0.15, -0.1) is 0 Å². The van der Waals surface area contributed by atoms with Crippen molar-refractivity contribution in [1.29, 1.82) is 0 Å². The summed E-state index contributed by atoms with van der Waals surface area (Å²) in [6, 6.07) is 8.39. The third-order valence-electron chi connectivity index (χ3n) is 3.95. The van der Waals surface area contributed by atoms with Gasteiger partial charge < -0.3 is 15.5 Å². The number of nitrogens with zero attached hydrogens (tertiary/aromatic N) is 1. The number of hydrogen-bond donors (Lipinski definition) is 2. The van der Waals surface area contributed by atoms with Gasteiger partial charge in [-0.2, -0.15) is 0 Å². The van der Waals surface area contributed by atoms with E-state index in [1.165, 1.54) is 11.3 Å². The average molecular weight is 275 g/mol. The van der Waals surface area contributed by atoms with Crippen LogP contribution in [0, 0.1) is 12.8 Å². The summed E-state index contributed by atoms with van der Waals surface area (Å²) in [5.41, 5.74) is 2.53. The molecule has 1 aromatic carbocycles. The smallest absolute Gasteiger partial charge is 0.224 e. The highest BCUT2D eigenvalue weighted by Gasteiger charge is 2.21. The summed E-state index contributed by atoms with van der Waals surface area (Å²) >= 11 is 0. The number of nitrogens with one attached hydrogen (secondary N) is 2. The van der Waals surface area contributed by atoms with Crippen LogP contribution in [0.3, 0.4) is 0 Å². The Morgan fingerprint density at radius 1 is 1.45 bits per heavy atom. The Hall–Kier alpha value is -1.55. The van der Waals surface area contributed by atoms with Crippen LogP contribution in [0.5, 0.6) is 0 Å². The van der Waals surface area contributed by atoms with E-state index in [1.54, 1.807) is 0 Å². The van der Waals surface area contributed by atoms with Crippen molar-refractivity contribution in [3.05, 3.63) is 29.8 Å². The second kappa shape index (κ2) is 7.29. The van der Waals surface area contributed by atoms with Crippen LogP contribution in [0.2, 0.25) is 0 Å². The highest BCUT2D eigenvalue weighted by atomic mass is 16.1. The van der Waals surface area contributed by atoms with Crippen molar-refractivity contribution in [2.24, 2.45) is 5.92 Å². The van der Waals surface area contributed by atoms with Gasteiger partial charge >= 0.3 is 0 Å². The molecule has 1 aromatic rings. The van der Waals surface area contributed by atoms with Gasteiger partial charge in [0.2, 0.25) is 5.91 Å². The summed E-state index contributed by atoms with van der Waals surface area (Å²) in [7, 11) is 0. The van der Waals surface area contributed by atoms with Gasteiger partial charge in [0.05, 0.1) is 5.92 Å². The largest absolute Gasteiger partial charge is 0.370 e. The molecular formula is C16H25N3O. The lowest BCUT2D eigenvalue weighted by Gasteiger charge is -2.25. The number of carbonyl (C=O) groups is 1. The topological polar surface area (TPSA) is 44.4 Å². The van der Waals surface area contributed by atoms with E-state index in [2.05, 4.69) is 53.6 Å². The van der Waals surface area contributed by atoms with Gasteiger partial charge in [0.1, 0.15) is 0 Å². The Labute approximate surface area is 121 Å². The van der Waals surface area contributed by atoms with Crippen LogP contribution < -0.4 is 15.5 Å². The molecule has 1 amide bonds. The lowest BCUT2D eigenvalue weighted by atomic mass is 10.1. The van der Waals surface area contributed by atoms with Crippen LogP contribution in [0.4, 0.5) is 5.69 Å². The summed E-state index contributed by atoms with van der Waals surface area (Å²) in [6.45, 7) is 8.57. The maximum absolute atomic E-state index is 11.9. The fourth-order valence-corrected chi connectivity index (χ4v) is 2.70. The SMILES string of the molecule is CCN(CCNC(=O)C1CCNC1)c1ccccc1C. The second-order valence-electron chi connectivity index (χ2n) is 5.35. The maximum atomic E-state index is 11.9. The van der Waals surface area contributed by atoms with Crippen molar-refractivity contribution in [1.82, 2.24) is 10.6 Å². The summed E-state index contributed by atoms with van der Waals surface area (Å²) in [4.78, 5) is 14.3. The zero-order valence-electron chi connectivity index (χ0n) is 12.5. The number of aryl methyl sites for hydroxylation is 1. The molecule has 1 unspecified atom stereocenters. The van der Waals surface area contributed by atoms with E-state index in [0.717, 1.165) is 32.6 Å². The summed E-state index contributed by atoms with van der Waals surface area (Å²) in [5, 5.41) is 6.28. The Balaban J connectivity index is 1.82. The molecule has 0 saturated carbocycles. The molecule has 4 heteroatoms. The first kappa shape index (κ1) is 14.9. The standard InChI is InChI=1S/C16H25N3O/c1-3-19(15-7-5-4-6-13(15)2)11-10-18-16(20)14-8-9-17-12-14/h4-7,14,17H,3,8-12H2,1-2H3,(H,18,20). The quantitative estimate of drug-likeness (QED) is 0.828. The highest BCUT2D eigenvalue weighted by Crippen LogP contribution is 2.18. The number of rotatable bonds is 6. The molecule has 1 aliphatic heterocycles. The number of carbonyl (C=O) groups excluding carboxylic acids is 1. The van der Waals surface area contributed by atoms with Crippen LogP contribution >= 0.6 is 0 Å². The van der Waals surface area contributed by atoms with Crippen LogP contribution in [0.25, 0.3) is 0 Å². The maximum Gasteiger partial charge on any atom is 0.224 e. The normalized spacial score (nSPS) is 18.0. The van der Waals surface area contributed by atoms with Crippen molar-refractivity contribution < 1.29 is 4.79 Å². The van der Waals surface area contributed by atoms with Crippen molar-refractivity contribution in [2.75, 3.05) is 37.6 Å². The molecule has 1 aliphatic rings. The molecule has 2 rings (SSSR count). The van der Waals surface area contributed by atoms with E-state index in [0.29, 0.717) is 6.54 Å². The monoisotopic (exact) mass is 275 g/mol. The molecular weight excluding hydrogens is 250 g/mol. The summed E-state index contributed by atoms with van der Waals surface area (Å²) in [5.74, 6) is 0.347. The van der Waals surface area contributed by atoms with Crippen LogP contribution in [-0.4, -0.2) is 38.6 Å². The van der Waals surface area contributed by atoms with Gasteiger partial charge in [0.15, 0.2) is 0 Å². The molecule has 1 heterocycles. The molecule has 0 aliphatic carbocycles. The molecule has 0 spiro atoms. The van der Waals surface area contributed by atoms with Crippen LogP contribution in [-0.2, 0) is 4.79 Å².